The quantitative estimate of drug-likeness (QED) is 0.908. The zero-order valence-corrected chi connectivity index (χ0v) is 11.6. The number of hydrogen-bond donors (Lipinski definition) is 1. The minimum absolute atomic E-state index is 0.0189. The van der Waals surface area contributed by atoms with E-state index in [4.69, 9.17) is 21.4 Å². The second kappa shape index (κ2) is 5.54. The van der Waals surface area contributed by atoms with Crippen molar-refractivity contribution in [2.45, 2.75) is 0 Å². The third-order valence-corrected chi connectivity index (χ3v) is 2.93. The van der Waals surface area contributed by atoms with Crippen LogP contribution in [0.5, 0.6) is 11.6 Å². The molecule has 0 atom stereocenters. The minimum atomic E-state index is -1.29. The van der Waals surface area contributed by atoms with Crippen LogP contribution < -0.4 is 4.74 Å². The number of carbonyl (C=O) groups is 1. The lowest BCUT2D eigenvalue weighted by Gasteiger charge is -2.07. The first kappa shape index (κ1) is 13.8. The molecule has 0 saturated heterocycles. The molecule has 0 radical (unpaired) electrons. The Hall–Kier alpha value is -1.66. The molecule has 0 aliphatic heterocycles. The number of hydrogen-bond acceptors (Lipinski definition) is 3. The molecule has 2 aromatic rings. The summed E-state index contributed by atoms with van der Waals surface area (Å²) in [5.74, 6) is -2.00. The van der Waals surface area contributed by atoms with Gasteiger partial charge in [-0.3, -0.25) is 0 Å². The molecule has 1 N–H and O–H groups in total. The number of nitrogens with zero attached hydrogens (tertiary/aromatic N) is 1. The molecular weight excluding hydrogens is 340 g/mol. The van der Waals surface area contributed by atoms with E-state index >= 15 is 0 Å². The molecule has 1 aromatic carbocycles. The van der Waals surface area contributed by atoms with Gasteiger partial charge in [0.05, 0.1) is 5.02 Å². The maximum Gasteiger partial charge on any atom is 0.356 e. The molecule has 0 unspecified atom stereocenters. The average molecular weight is 347 g/mol. The van der Waals surface area contributed by atoms with Crippen molar-refractivity contribution in [2.24, 2.45) is 0 Å². The van der Waals surface area contributed by atoms with E-state index in [-0.39, 0.29) is 22.3 Å². The van der Waals surface area contributed by atoms with Gasteiger partial charge in [0.25, 0.3) is 0 Å². The predicted molar refractivity (Wildman–Crippen MR) is 70.4 cm³/mol. The van der Waals surface area contributed by atoms with E-state index in [1.54, 1.807) is 0 Å². The molecule has 19 heavy (non-hydrogen) atoms. The first-order valence-electron chi connectivity index (χ1n) is 5.00. The SMILES string of the molecule is O=C(O)c1nc(Oc2cc(Br)ccc2F)ccc1Cl. The molecule has 2 rings (SSSR count). The van der Waals surface area contributed by atoms with Crippen LogP contribution in [0.2, 0.25) is 5.02 Å². The molecule has 4 nitrogen and oxygen atoms in total. The summed E-state index contributed by atoms with van der Waals surface area (Å²) in [5.41, 5.74) is -0.352. The van der Waals surface area contributed by atoms with Crippen molar-refractivity contribution in [1.82, 2.24) is 4.98 Å². The van der Waals surface area contributed by atoms with E-state index in [0.29, 0.717) is 4.47 Å². The number of benzene rings is 1. The van der Waals surface area contributed by atoms with Crippen molar-refractivity contribution in [3.05, 3.63) is 51.3 Å². The topological polar surface area (TPSA) is 59.4 Å². The van der Waals surface area contributed by atoms with Crippen LogP contribution in [-0.4, -0.2) is 16.1 Å². The summed E-state index contributed by atoms with van der Waals surface area (Å²) in [7, 11) is 0. The van der Waals surface area contributed by atoms with Crippen LogP contribution in [0.15, 0.2) is 34.8 Å². The second-order valence-electron chi connectivity index (χ2n) is 3.46. The molecule has 0 fully saturated rings. The third-order valence-electron chi connectivity index (χ3n) is 2.13. The van der Waals surface area contributed by atoms with Gasteiger partial charge in [0, 0.05) is 10.5 Å². The van der Waals surface area contributed by atoms with Gasteiger partial charge in [0.1, 0.15) is 0 Å². The van der Waals surface area contributed by atoms with E-state index in [9.17, 15) is 9.18 Å². The number of rotatable bonds is 3. The Morgan fingerprint density at radius 1 is 1.37 bits per heavy atom. The van der Waals surface area contributed by atoms with Crippen molar-refractivity contribution < 1.29 is 19.0 Å². The lowest BCUT2D eigenvalue weighted by molar-refractivity contribution is 0.0690. The van der Waals surface area contributed by atoms with Gasteiger partial charge in [-0.05, 0) is 24.3 Å². The Balaban J connectivity index is 2.36. The fourth-order valence-corrected chi connectivity index (χ4v) is 1.83. The van der Waals surface area contributed by atoms with Gasteiger partial charge in [0.15, 0.2) is 17.3 Å². The van der Waals surface area contributed by atoms with Gasteiger partial charge in [-0.1, -0.05) is 27.5 Å². The van der Waals surface area contributed by atoms with Crippen LogP contribution >= 0.6 is 27.5 Å². The zero-order valence-electron chi connectivity index (χ0n) is 9.23. The molecule has 1 heterocycles. The zero-order chi connectivity index (χ0) is 14.0. The Kier molecular flexibility index (Phi) is 4.01. The number of carboxylic acid groups (broad SMARTS) is 1. The highest BCUT2D eigenvalue weighted by molar-refractivity contribution is 9.10. The van der Waals surface area contributed by atoms with Gasteiger partial charge in [0.2, 0.25) is 5.88 Å². The number of halogens is 3. The van der Waals surface area contributed by atoms with Crippen LogP contribution in [0.3, 0.4) is 0 Å². The Bertz CT molecular complexity index is 651. The van der Waals surface area contributed by atoms with Gasteiger partial charge >= 0.3 is 5.97 Å². The first-order valence-corrected chi connectivity index (χ1v) is 6.17. The normalized spacial score (nSPS) is 10.3. The maximum absolute atomic E-state index is 13.5. The highest BCUT2D eigenvalue weighted by Crippen LogP contribution is 2.27. The summed E-state index contributed by atoms with van der Waals surface area (Å²) >= 11 is 8.85. The Labute approximate surface area is 120 Å². The van der Waals surface area contributed by atoms with Crippen LogP contribution in [0.25, 0.3) is 0 Å². The number of pyridine rings is 1. The molecule has 0 bridgehead atoms. The summed E-state index contributed by atoms with van der Waals surface area (Å²) in [6, 6.07) is 6.82. The van der Waals surface area contributed by atoms with E-state index < -0.39 is 11.8 Å². The molecule has 0 aliphatic rings. The molecule has 0 saturated carbocycles. The minimum Gasteiger partial charge on any atom is -0.476 e. The number of aromatic nitrogens is 1. The Morgan fingerprint density at radius 3 is 2.79 bits per heavy atom. The Morgan fingerprint density at radius 2 is 2.11 bits per heavy atom. The predicted octanol–water partition coefficient (Wildman–Crippen LogP) is 4.13. The van der Waals surface area contributed by atoms with E-state index in [0.717, 1.165) is 0 Å². The van der Waals surface area contributed by atoms with Crippen LogP contribution in [0, 0.1) is 5.82 Å². The standard InChI is InChI=1S/C12H6BrClFNO3/c13-6-1-3-8(15)9(5-6)19-10-4-2-7(14)11(16-10)12(17)18/h1-5H,(H,17,18). The second-order valence-corrected chi connectivity index (χ2v) is 4.78. The van der Waals surface area contributed by atoms with Crippen molar-refractivity contribution in [1.29, 1.82) is 0 Å². The summed E-state index contributed by atoms with van der Waals surface area (Å²) in [5, 5.41) is 8.85. The molecule has 7 heteroatoms. The first-order chi connectivity index (χ1) is 8.97. The smallest absolute Gasteiger partial charge is 0.356 e. The van der Waals surface area contributed by atoms with Crippen molar-refractivity contribution in [2.75, 3.05) is 0 Å². The fraction of sp³-hybridized carbons (Fsp3) is 0. The monoisotopic (exact) mass is 345 g/mol. The average Bonchev–Trinajstić information content (AvgIpc) is 2.36. The third kappa shape index (κ3) is 3.21. The van der Waals surface area contributed by atoms with Gasteiger partial charge in [-0.15, -0.1) is 0 Å². The molecule has 0 amide bonds. The van der Waals surface area contributed by atoms with E-state index in [1.807, 2.05) is 0 Å². The van der Waals surface area contributed by atoms with Gasteiger partial charge in [-0.25, -0.2) is 14.2 Å². The molecular formula is C12H6BrClFNO3. The number of carboxylic acids is 1. The molecule has 0 spiro atoms. The molecule has 1 aromatic heterocycles. The fourth-order valence-electron chi connectivity index (χ4n) is 1.30. The summed E-state index contributed by atoms with van der Waals surface area (Å²) in [6.07, 6.45) is 0. The number of ether oxygens (including phenoxy) is 1. The summed E-state index contributed by atoms with van der Waals surface area (Å²) in [6.45, 7) is 0. The lowest BCUT2D eigenvalue weighted by atomic mass is 10.3. The lowest BCUT2D eigenvalue weighted by Crippen LogP contribution is -2.02. The molecule has 0 aliphatic carbocycles. The van der Waals surface area contributed by atoms with E-state index in [1.165, 1.54) is 30.3 Å². The van der Waals surface area contributed by atoms with Crippen LogP contribution in [-0.2, 0) is 0 Å². The maximum atomic E-state index is 13.5. The number of aromatic carboxylic acids is 1. The van der Waals surface area contributed by atoms with Crippen LogP contribution in [0.1, 0.15) is 10.5 Å². The highest BCUT2D eigenvalue weighted by Gasteiger charge is 2.13. The van der Waals surface area contributed by atoms with Crippen LogP contribution in [0.4, 0.5) is 4.39 Å². The largest absolute Gasteiger partial charge is 0.476 e. The summed E-state index contributed by atoms with van der Waals surface area (Å²) in [4.78, 5) is 14.6. The van der Waals surface area contributed by atoms with E-state index in [2.05, 4.69) is 20.9 Å². The highest BCUT2D eigenvalue weighted by atomic mass is 79.9. The summed E-state index contributed by atoms with van der Waals surface area (Å²) < 4.78 is 19.3. The van der Waals surface area contributed by atoms with Crippen molar-refractivity contribution in [3.8, 4) is 11.6 Å². The van der Waals surface area contributed by atoms with Gasteiger partial charge in [-0.2, -0.15) is 0 Å². The van der Waals surface area contributed by atoms with Gasteiger partial charge < -0.3 is 9.84 Å². The van der Waals surface area contributed by atoms with Crippen molar-refractivity contribution in [3.63, 3.8) is 0 Å². The van der Waals surface area contributed by atoms with Crippen molar-refractivity contribution >= 4 is 33.5 Å². The molecule has 98 valence electrons.